The molecule has 0 bridgehead atoms. The molecular formula is C26H31N3O3S. The molecule has 0 atom stereocenters. The summed E-state index contributed by atoms with van der Waals surface area (Å²) in [5.41, 5.74) is 4.19. The van der Waals surface area contributed by atoms with Crippen molar-refractivity contribution in [3.8, 4) is 0 Å². The number of rotatable bonds is 9. The molecule has 3 aromatic rings. The van der Waals surface area contributed by atoms with Crippen molar-refractivity contribution in [1.82, 2.24) is 9.21 Å². The Labute approximate surface area is 197 Å². The second kappa shape index (κ2) is 10.6. The van der Waals surface area contributed by atoms with Gasteiger partial charge in [-0.1, -0.05) is 72.8 Å². The van der Waals surface area contributed by atoms with Gasteiger partial charge in [-0.25, -0.2) is 4.31 Å². The molecule has 1 amide bonds. The Morgan fingerprint density at radius 3 is 1.79 bits per heavy atom. The number of nitrogens with zero attached hydrogens (tertiary/aromatic N) is 3. The molecule has 0 saturated heterocycles. The first-order chi connectivity index (χ1) is 15.7. The molecule has 0 aliphatic rings. The summed E-state index contributed by atoms with van der Waals surface area (Å²) in [6.45, 7) is 4.24. The number of carbonyl (C=O) groups is 1. The fourth-order valence-electron chi connectivity index (χ4n) is 3.54. The molecule has 6 nitrogen and oxygen atoms in total. The smallest absolute Gasteiger partial charge is 0.304 e. The maximum Gasteiger partial charge on any atom is 0.304 e. The fourth-order valence-corrected chi connectivity index (χ4v) is 4.65. The van der Waals surface area contributed by atoms with Crippen molar-refractivity contribution in [2.75, 3.05) is 24.9 Å². The van der Waals surface area contributed by atoms with E-state index < -0.39 is 10.2 Å². The van der Waals surface area contributed by atoms with E-state index in [1.54, 1.807) is 4.90 Å². The largest absolute Gasteiger partial charge is 0.332 e. The quantitative estimate of drug-likeness (QED) is 0.477. The van der Waals surface area contributed by atoms with E-state index in [-0.39, 0.29) is 12.5 Å². The second-order valence-corrected chi connectivity index (χ2v) is 10.4. The molecule has 0 heterocycles. The lowest BCUT2D eigenvalue weighted by Gasteiger charge is -2.31. The third-order valence-electron chi connectivity index (χ3n) is 5.44. The number of anilines is 1. The van der Waals surface area contributed by atoms with Crippen LogP contribution in [0.2, 0.25) is 0 Å². The van der Waals surface area contributed by atoms with Gasteiger partial charge in [0.05, 0.1) is 5.69 Å². The molecule has 0 aromatic heterocycles. The highest BCUT2D eigenvalue weighted by atomic mass is 32.2. The molecule has 7 heteroatoms. The molecule has 0 N–H and O–H groups in total. The average molecular weight is 466 g/mol. The Morgan fingerprint density at radius 2 is 1.30 bits per heavy atom. The van der Waals surface area contributed by atoms with Crippen LogP contribution in [-0.2, 0) is 28.1 Å². The maximum absolute atomic E-state index is 13.6. The van der Waals surface area contributed by atoms with Gasteiger partial charge in [-0.15, -0.1) is 0 Å². The van der Waals surface area contributed by atoms with Gasteiger partial charge >= 0.3 is 10.2 Å². The van der Waals surface area contributed by atoms with Gasteiger partial charge in [0.25, 0.3) is 0 Å². The zero-order valence-corrected chi connectivity index (χ0v) is 20.4. The van der Waals surface area contributed by atoms with E-state index in [0.717, 1.165) is 26.6 Å². The Kier molecular flexibility index (Phi) is 7.89. The third-order valence-corrected chi connectivity index (χ3v) is 7.24. The van der Waals surface area contributed by atoms with Crippen molar-refractivity contribution in [3.63, 3.8) is 0 Å². The summed E-state index contributed by atoms with van der Waals surface area (Å²) >= 11 is 0. The van der Waals surface area contributed by atoms with Gasteiger partial charge in [0.2, 0.25) is 5.91 Å². The van der Waals surface area contributed by atoms with Crippen LogP contribution in [0.1, 0.15) is 22.3 Å². The SMILES string of the molecule is Cc1ccc(C)c(N(CC(=O)N(Cc2ccccc2)Cc2ccccc2)S(=O)(=O)N(C)C)c1. The van der Waals surface area contributed by atoms with Crippen molar-refractivity contribution < 1.29 is 13.2 Å². The number of hydrogen-bond donors (Lipinski definition) is 0. The molecule has 3 aromatic carbocycles. The number of benzene rings is 3. The normalized spacial score (nSPS) is 11.4. The summed E-state index contributed by atoms with van der Waals surface area (Å²) in [7, 11) is -0.935. The van der Waals surface area contributed by atoms with Gasteiger partial charge in [-0.05, 0) is 42.2 Å². The zero-order valence-electron chi connectivity index (χ0n) is 19.6. The van der Waals surface area contributed by atoms with Crippen LogP contribution in [0.3, 0.4) is 0 Å². The lowest BCUT2D eigenvalue weighted by molar-refractivity contribution is -0.130. The van der Waals surface area contributed by atoms with Crippen LogP contribution in [0.4, 0.5) is 5.69 Å². The van der Waals surface area contributed by atoms with E-state index in [0.29, 0.717) is 18.8 Å². The van der Waals surface area contributed by atoms with Gasteiger partial charge in [0, 0.05) is 27.2 Å². The minimum absolute atomic E-state index is 0.269. The van der Waals surface area contributed by atoms with Crippen LogP contribution in [-0.4, -0.2) is 44.2 Å². The maximum atomic E-state index is 13.6. The standard InChI is InChI=1S/C26H31N3O3S/c1-21-15-16-22(2)25(17-21)29(33(31,32)27(3)4)20-26(30)28(18-23-11-7-5-8-12-23)19-24-13-9-6-10-14-24/h5-17H,18-20H2,1-4H3. The van der Waals surface area contributed by atoms with Gasteiger partial charge in [0.15, 0.2) is 0 Å². The fraction of sp³-hybridized carbons (Fsp3) is 0.269. The van der Waals surface area contributed by atoms with Crippen molar-refractivity contribution in [2.45, 2.75) is 26.9 Å². The Morgan fingerprint density at radius 1 is 0.788 bits per heavy atom. The monoisotopic (exact) mass is 465 g/mol. The number of amides is 1. The highest BCUT2D eigenvalue weighted by molar-refractivity contribution is 7.90. The van der Waals surface area contributed by atoms with Crippen molar-refractivity contribution in [1.29, 1.82) is 0 Å². The zero-order chi connectivity index (χ0) is 24.0. The summed E-state index contributed by atoms with van der Waals surface area (Å²) in [4.78, 5) is 15.3. The minimum Gasteiger partial charge on any atom is -0.332 e. The molecule has 0 radical (unpaired) electrons. The first-order valence-electron chi connectivity index (χ1n) is 10.8. The van der Waals surface area contributed by atoms with E-state index in [9.17, 15) is 13.2 Å². The van der Waals surface area contributed by atoms with Crippen LogP contribution < -0.4 is 4.31 Å². The average Bonchev–Trinajstić information content (AvgIpc) is 2.80. The lowest BCUT2D eigenvalue weighted by Crippen LogP contribution is -2.47. The number of aryl methyl sites for hydroxylation is 2. The number of hydrogen-bond acceptors (Lipinski definition) is 3. The molecule has 0 unspecified atom stereocenters. The molecule has 0 spiro atoms. The highest BCUT2D eigenvalue weighted by Crippen LogP contribution is 2.26. The van der Waals surface area contributed by atoms with Crippen LogP contribution in [0.15, 0.2) is 78.9 Å². The molecule has 0 saturated carbocycles. The predicted molar refractivity (Wildman–Crippen MR) is 133 cm³/mol. The molecule has 3 rings (SSSR count). The van der Waals surface area contributed by atoms with Gasteiger partial charge in [0.1, 0.15) is 6.54 Å². The first kappa shape index (κ1) is 24.5. The van der Waals surface area contributed by atoms with Crippen molar-refractivity contribution in [3.05, 3.63) is 101 Å². The van der Waals surface area contributed by atoms with E-state index in [2.05, 4.69) is 0 Å². The highest BCUT2D eigenvalue weighted by Gasteiger charge is 2.30. The topological polar surface area (TPSA) is 60.9 Å². The molecule has 0 fully saturated rings. The van der Waals surface area contributed by atoms with E-state index >= 15 is 0 Å². The molecule has 174 valence electrons. The van der Waals surface area contributed by atoms with Crippen molar-refractivity contribution in [2.24, 2.45) is 0 Å². The van der Waals surface area contributed by atoms with Crippen LogP contribution in [0.5, 0.6) is 0 Å². The summed E-state index contributed by atoms with van der Waals surface area (Å²) in [6.07, 6.45) is 0. The summed E-state index contributed by atoms with van der Waals surface area (Å²) in [5.74, 6) is -0.269. The predicted octanol–water partition coefficient (Wildman–Crippen LogP) is 4.15. The first-order valence-corrected chi connectivity index (χ1v) is 12.2. The molecule has 0 aliphatic heterocycles. The van der Waals surface area contributed by atoms with Crippen molar-refractivity contribution >= 4 is 21.8 Å². The van der Waals surface area contributed by atoms with Crippen LogP contribution in [0.25, 0.3) is 0 Å². The Hall–Kier alpha value is -3.16. The number of carbonyl (C=O) groups excluding carboxylic acids is 1. The van der Waals surface area contributed by atoms with Gasteiger partial charge in [-0.3, -0.25) is 4.79 Å². The van der Waals surface area contributed by atoms with Crippen LogP contribution >= 0.6 is 0 Å². The summed E-state index contributed by atoms with van der Waals surface area (Å²) in [5, 5.41) is 0. The second-order valence-electron chi connectivity index (χ2n) is 8.31. The summed E-state index contributed by atoms with van der Waals surface area (Å²) < 4.78 is 28.8. The Bertz CT molecular complexity index is 1140. The molecular weight excluding hydrogens is 434 g/mol. The molecule has 33 heavy (non-hydrogen) atoms. The van der Waals surface area contributed by atoms with E-state index in [1.165, 1.54) is 18.4 Å². The van der Waals surface area contributed by atoms with Gasteiger partial charge in [-0.2, -0.15) is 12.7 Å². The van der Waals surface area contributed by atoms with E-state index in [4.69, 9.17) is 0 Å². The molecule has 0 aliphatic carbocycles. The third kappa shape index (κ3) is 6.21. The Balaban J connectivity index is 1.97. The van der Waals surface area contributed by atoms with E-state index in [1.807, 2.05) is 92.7 Å². The summed E-state index contributed by atoms with van der Waals surface area (Å²) in [6, 6.07) is 25.0. The van der Waals surface area contributed by atoms with Crippen LogP contribution in [0, 0.1) is 13.8 Å². The lowest BCUT2D eigenvalue weighted by atomic mass is 10.1. The minimum atomic E-state index is -3.89. The van der Waals surface area contributed by atoms with Gasteiger partial charge < -0.3 is 4.90 Å².